The van der Waals surface area contributed by atoms with Gasteiger partial charge in [0.25, 0.3) is 0 Å². The van der Waals surface area contributed by atoms with Crippen LogP contribution in [0.3, 0.4) is 0 Å². The van der Waals surface area contributed by atoms with Crippen LogP contribution >= 0.6 is 0 Å². The molecule has 0 radical (unpaired) electrons. The number of nitrogens with zero attached hydrogens (tertiary/aromatic N) is 1. The Labute approximate surface area is 183 Å². The van der Waals surface area contributed by atoms with Crippen molar-refractivity contribution in [1.82, 2.24) is 0 Å². The van der Waals surface area contributed by atoms with Crippen LogP contribution in [-0.2, 0) is 9.53 Å². The first-order valence-electron chi connectivity index (χ1n) is 11.5. The minimum atomic E-state index is -0.549. The highest BCUT2D eigenvalue weighted by Gasteiger charge is 2.23. The highest BCUT2D eigenvalue weighted by Crippen LogP contribution is 2.18. The number of ether oxygens (including phenoxy) is 1. The molecule has 0 heterocycles. The van der Waals surface area contributed by atoms with Crippen LogP contribution in [0.4, 0.5) is 0 Å². The maximum absolute atomic E-state index is 12.0. The van der Waals surface area contributed by atoms with E-state index >= 15 is 0 Å². The zero-order valence-corrected chi connectivity index (χ0v) is 19.6. The van der Waals surface area contributed by atoms with Crippen molar-refractivity contribution in [3.8, 4) is 0 Å². The van der Waals surface area contributed by atoms with E-state index in [0.717, 1.165) is 44.9 Å². The molecule has 0 rings (SSSR count). The second kappa shape index (κ2) is 17.9. The van der Waals surface area contributed by atoms with Gasteiger partial charge in [-0.15, -0.1) is 0 Å². The predicted molar refractivity (Wildman–Crippen MR) is 125 cm³/mol. The van der Waals surface area contributed by atoms with Gasteiger partial charge in [-0.1, -0.05) is 69.1 Å². The Morgan fingerprint density at radius 1 is 0.933 bits per heavy atom. The molecule has 0 aliphatic rings. The van der Waals surface area contributed by atoms with Gasteiger partial charge < -0.3 is 4.74 Å². The molecule has 1 atom stereocenters. The first-order chi connectivity index (χ1) is 14.2. The normalized spacial score (nSPS) is 13.5. The quantitative estimate of drug-likeness (QED) is 0.0818. The van der Waals surface area contributed by atoms with Crippen molar-refractivity contribution in [3.63, 3.8) is 0 Å². The lowest BCUT2D eigenvalue weighted by Crippen LogP contribution is -2.27. The fourth-order valence-corrected chi connectivity index (χ4v) is 3.14. The molecule has 0 saturated carbocycles. The van der Waals surface area contributed by atoms with Crippen LogP contribution < -0.4 is 0 Å². The average molecular weight is 422 g/mol. The number of carbonyl (C=O) groups excluding carboxylic acids is 1. The summed E-state index contributed by atoms with van der Waals surface area (Å²) in [6, 6.07) is 0. The lowest BCUT2D eigenvalue weighted by Gasteiger charge is -2.21. The Kier molecular flexibility index (Phi) is 16.8. The molecular weight excluding hydrogens is 378 g/mol. The predicted octanol–water partition coefficient (Wildman–Crippen LogP) is 7.20. The molecule has 0 saturated heterocycles. The largest absolute Gasteiger partial charge is 0.460 e. The minimum absolute atomic E-state index is 0.131. The summed E-state index contributed by atoms with van der Waals surface area (Å²) in [5.41, 5.74) is -0.549. The second-order valence-corrected chi connectivity index (χ2v) is 8.81. The average Bonchev–Trinajstić information content (AvgIpc) is 2.62. The summed E-state index contributed by atoms with van der Waals surface area (Å²) in [5.74, 6) is -0.572. The Hall–Kier alpha value is -1.91. The molecule has 172 valence electrons. The molecule has 5 heteroatoms. The molecule has 0 bridgehead atoms. The Morgan fingerprint density at radius 3 is 2.10 bits per heavy atom. The molecule has 0 aromatic rings. The molecule has 0 spiro atoms. The van der Waals surface area contributed by atoms with Crippen molar-refractivity contribution in [2.75, 3.05) is 6.54 Å². The van der Waals surface area contributed by atoms with Crippen LogP contribution in [0.5, 0.6) is 0 Å². The summed E-state index contributed by atoms with van der Waals surface area (Å²) in [6.45, 7) is 7.42. The number of hydrogen-bond acceptors (Lipinski definition) is 4. The van der Waals surface area contributed by atoms with Crippen molar-refractivity contribution in [2.24, 2.45) is 5.92 Å². The molecule has 5 nitrogen and oxygen atoms in total. The molecule has 0 fully saturated rings. The van der Waals surface area contributed by atoms with Crippen LogP contribution in [0, 0.1) is 16.0 Å². The van der Waals surface area contributed by atoms with E-state index < -0.39 is 5.60 Å². The van der Waals surface area contributed by atoms with E-state index in [9.17, 15) is 14.9 Å². The van der Waals surface area contributed by atoms with Gasteiger partial charge in [-0.25, -0.2) is 0 Å². The van der Waals surface area contributed by atoms with Crippen LogP contribution in [-0.4, -0.2) is 23.0 Å². The molecule has 1 unspecified atom stereocenters. The minimum Gasteiger partial charge on any atom is -0.460 e. The zero-order valence-electron chi connectivity index (χ0n) is 19.6. The van der Waals surface area contributed by atoms with Crippen LogP contribution in [0.1, 0.15) is 98.3 Å². The van der Waals surface area contributed by atoms with Crippen LogP contribution in [0.15, 0.2) is 36.5 Å². The summed E-state index contributed by atoms with van der Waals surface area (Å²) in [7, 11) is 0. The van der Waals surface area contributed by atoms with Crippen molar-refractivity contribution in [2.45, 2.75) is 104 Å². The third-order valence-corrected chi connectivity index (χ3v) is 4.55. The van der Waals surface area contributed by atoms with E-state index in [2.05, 4.69) is 43.4 Å². The fraction of sp³-hybridized carbons (Fsp3) is 0.720. The van der Waals surface area contributed by atoms with Gasteiger partial charge in [0, 0.05) is 10.8 Å². The van der Waals surface area contributed by atoms with Gasteiger partial charge in [-0.3, -0.25) is 14.9 Å². The maximum Gasteiger partial charge on any atom is 0.306 e. The molecule has 0 aromatic carbocycles. The van der Waals surface area contributed by atoms with Gasteiger partial charge in [0.2, 0.25) is 6.54 Å². The van der Waals surface area contributed by atoms with Gasteiger partial charge in [0.05, 0.1) is 6.42 Å². The topological polar surface area (TPSA) is 69.4 Å². The van der Waals surface area contributed by atoms with Crippen molar-refractivity contribution in [3.05, 3.63) is 46.6 Å². The lowest BCUT2D eigenvalue weighted by atomic mass is 9.97. The Morgan fingerprint density at radius 2 is 1.50 bits per heavy atom. The molecule has 0 N–H and O–H groups in total. The molecule has 30 heavy (non-hydrogen) atoms. The highest BCUT2D eigenvalue weighted by molar-refractivity contribution is 5.70. The van der Waals surface area contributed by atoms with E-state index in [0.29, 0.717) is 6.42 Å². The number of hydrogen-bond donors (Lipinski definition) is 0. The summed E-state index contributed by atoms with van der Waals surface area (Å²) in [6.07, 6.45) is 23.8. The number of nitro groups is 1. The molecule has 0 aliphatic carbocycles. The zero-order chi connectivity index (χ0) is 22.7. The first kappa shape index (κ1) is 28.1. The number of rotatable bonds is 17. The fourth-order valence-electron chi connectivity index (χ4n) is 3.14. The third kappa shape index (κ3) is 20.8. The van der Waals surface area contributed by atoms with E-state index in [-0.39, 0.29) is 29.8 Å². The number of allylic oxidation sites excluding steroid dienone is 6. The van der Waals surface area contributed by atoms with Crippen molar-refractivity contribution in [1.29, 1.82) is 0 Å². The number of carbonyl (C=O) groups is 1. The smallest absolute Gasteiger partial charge is 0.306 e. The summed E-state index contributed by atoms with van der Waals surface area (Å²) < 4.78 is 5.30. The number of unbranched alkanes of at least 4 members (excludes halogenated alkanes) is 5. The molecule has 0 aromatic heterocycles. The molecule has 0 aliphatic heterocycles. The van der Waals surface area contributed by atoms with Crippen LogP contribution in [0.25, 0.3) is 0 Å². The van der Waals surface area contributed by atoms with E-state index in [1.165, 1.54) is 12.8 Å². The summed E-state index contributed by atoms with van der Waals surface area (Å²) in [4.78, 5) is 22.5. The maximum atomic E-state index is 12.0. The van der Waals surface area contributed by atoms with Gasteiger partial charge >= 0.3 is 5.97 Å². The van der Waals surface area contributed by atoms with Gasteiger partial charge in [0.1, 0.15) is 5.60 Å². The lowest BCUT2D eigenvalue weighted by molar-refractivity contribution is -0.488. The first-order valence-corrected chi connectivity index (χ1v) is 11.5. The standard InChI is InChI=1S/C25H43NO4/c1-5-6-7-8-9-10-11-12-13-14-15-16-17-18-19-20-23(22-26(28)29)21-24(27)30-25(2,3)4/h6-7,9-10,12-13,23H,5,8,11,14-22H2,1-4H3. The monoisotopic (exact) mass is 421 g/mol. The summed E-state index contributed by atoms with van der Waals surface area (Å²) >= 11 is 0. The van der Waals surface area contributed by atoms with Gasteiger partial charge in [0.15, 0.2) is 0 Å². The van der Waals surface area contributed by atoms with Crippen molar-refractivity contribution < 1.29 is 14.5 Å². The van der Waals surface area contributed by atoms with E-state index in [4.69, 9.17) is 4.74 Å². The van der Waals surface area contributed by atoms with Crippen molar-refractivity contribution >= 4 is 5.97 Å². The highest BCUT2D eigenvalue weighted by atomic mass is 16.6. The Bertz CT molecular complexity index is 544. The molecular formula is C25H43NO4. The molecule has 0 amide bonds. The van der Waals surface area contributed by atoms with Crippen LogP contribution in [0.2, 0.25) is 0 Å². The summed E-state index contributed by atoms with van der Waals surface area (Å²) in [5, 5.41) is 10.9. The Balaban J connectivity index is 3.83. The van der Waals surface area contributed by atoms with Gasteiger partial charge in [-0.2, -0.15) is 0 Å². The SMILES string of the molecule is CCC=CCC=CCC=CCCCCCCCC(CC(=O)OC(C)(C)C)C[N+](=O)[O-]. The van der Waals surface area contributed by atoms with Gasteiger partial charge in [-0.05, 0) is 59.3 Å². The third-order valence-electron chi connectivity index (χ3n) is 4.55. The number of esters is 1. The van der Waals surface area contributed by atoms with E-state index in [1.807, 2.05) is 20.8 Å². The van der Waals surface area contributed by atoms with E-state index in [1.54, 1.807) is 0 Å². The second-order valence-electron chi connectivity index (χ2n) is 8.81.